The fourth-order valence-corrected chi connectivity index (χ4v) is 4.53. The highest BCUT2D eigenvalue weighted by Gasteiger charge is 2.34. The van der Waals surface area contributed by atoms with E-state index in [1.807, 2.05) is 19.0 Å². The molecule has 1 saturated heterocycles. The van der Waals surface area contributed by atoms with E-state index in [2.05, 4.69) is 11.8 Å². The Balaban J connectivity index is 1.89. The van der Waals surface area contributed by atoms with Gasteiger partial charge in [-0.05, 0) is 52.3 Å². The third-order valence-corrected chi connectivity index (χ3v) is 6.61. The van der Waals surface area contributed by atoms with Crippen LogP contribution < -0.4 is 15.1 Å². The van der Waals surface area contributed by atoms with Crippen LogP contribution in [0, 0.1) is 11.7 Å². The van der Waals surface area contributed by atoms with Gasteiger partial charge in [0.15, 0.2) is 11.6 Å². The Kier molecular flexibility index (Phi) is 5.22. The number of hydrogen-bond donors (Lipinski definition) is 1. The molecule has 0 amide bonds. The van der Waals surface area contributed by atoms with Crippen molar-refractivity contribution in [2.45, 2.75) is 38.3 Å². The van der Waals surface area contributed by atoms with Gasteiger partial charge >= 0.3 is 5.97 Å². The summed E-state index contributed by atoms with van der Waals surface area (Å²) in [6.45, 7) is 3.56. The van der Waals surface area contributed by atoms with E-state index >= 15 is 4.39 Å². The first kappa shape index (κ1) is 20.7. The normalized spacial score (nSPS) is 20.2. The minimum absolute atomic E-state index is 0.0531. The summed E-state index contributed by atoms with van der Waals surface area (Å²) >= 11 is 0. The van der Waals surface area contributed by atoms with E-state index in [1.165, 1.54) is 19.4 Å². The van der Waals surface area contributed by atoms with Crippen LogP contribution in [-0.4, -0.2) is 60.9 Å². The van der Waals surface area contributed by atoms with Crippen molar-refractivity contribution in [2.24, 2.45) is 5.92 Å². The predicted octanol–water partition coefficient (Wildman–Crippen LogP) is 2.96. The van der Waals surface area contributed by atoms with Crippen LogP contribution in [0.15, 0.2) is 17.1 Å². The van der Waals surface area contributed by atoms with Gasteiger partial charge in [-0.25, -0.2) is 9.18 Å². The number of fused-ring (bicyclic) bond motifs is 1. The fraction of sp³-hybridized carbons (Fsp3) is 0.545. The number of carboxylic acids is 1. The topological polar surface area (TPSA) is 75.0 Å². The van der Waals surface area contributed by atoms with E-state index in [0.717, 1.165) is 19.3 Å². The van der Waals surface area contributed by atoms with E-state index in [4.69, 9.17) is 4.74 Å². The van der Waals surface area contributed by atoms with Gasteiger partial charge in [-0.2, -0.15) is 0 Å². The average Bonchev–Trinajstić information content (AvgIpc) is 3.43. The zero-order chi connectivity index (χ0) is 21.7. The standard InChI is InChI=1S/C22H28FN3O4/c1-12(24(2)3)13-7-8-25(10-13)19-17(23)9-15-18(21(19)30-4)26(14-5-6-14)11-16(20(15)27)22(28)29/h9,11-14H,5-8,10H2,1-4H3,(H,28,29)/t12-,13+/m1/s1. The van der Waals surface area contributed by atoms with Gasteiger partial charge in [0.05, 0.1) is 18.0 Å². The summed E-state index contributed by atoms with van der Waals surface area (Å²) in [6, 6.07) is 1.63. The summed E-state index contributed by atoms with van der Waals surface area (Å²) in [4.78, 5) is 28.5. The number of pyridine rings is 1. The minimum atomic E-state index is -1.31. The van der Waals surface area contributed by atoms with Gasteiger partial charge in [0.1, 0.15) is 11.3 Å². The molecule has 1 N–H and O–H groups in total. The molecule has 1 aromatic heterocycles. The van der Waals surface area contributed by atoms with Gasteiger partial charge in [0, 0.05) is 31.4 Å². The van der Waals surface area contributed by atoms with Crippen molar-refractivity contribution in [2.75, 3.05) is 39.2 Å². The third kappa shape index (κ3) is 3.33. The van der Waals surface area contributed by atoms with Gasteiger partial charge in [-0.15, -0.1) is 0 Å². The number of rotatable bonds is 6. The molecule has 2 aliphatic rings. The number of nitrogens with zero attached hydrogens (tertiary/aromatic N) is 3. The molecule has 0 unspecified atom stereocenters. The first-order valence-electron chi connectivity index (χ1n) is 10.3. The van der Waals surface area contributed by atoms with Crippen LogP contribution >= 0.6 is 0 Å². The molecular formula is C22H28FN3O4. The van der Waals surface area contributed by atoms with Crippen molar-refractivity contribution in [1.29, 1.82) is 0 Å². The number of carboxylic acid groups (broad SMARTS) is 1. The molecule has 30 heavy (non-hydrogen) atoms. The second-order valence-electron chi connectivity index (χ2n) is 8.65. The van der Waals surface area contributed by atoms with Gasteiger partial charge in [0.25, 0.3) is 0 Å². The quantitative estimate of drug-likeness (QED) is 0.779. The van der Waals surface area contributed by atoms with E-state index in [0.29, 0.717) is 42.0 Å². The lowest BCUT2D eigenvalue weighted by Gasteiger charge is -2.28. The Hall–Kier alpha value is -2.61. The molecule has 1 aliphatic heterocycles. The minimum Gasteiger partial charge on any atom is -0.492 e. The van der Waals surface area contributed by atoms with E-state index < -0.39 is 17.2 Å². The molecule has 2 aromatic rings. The number of benzene rings is 1. The zero-order valence-electron chi connectivity index (χ0n) is 17.8. The van der Waals surface area contributed by atoms with Crippen molar-refractivity contribution >= 4 is 22.6 Å². The number of carbonyl (C=O) groups is 1. The number of methoxy groups -OCH3 is 1. The van der Waals surface area contributed by atoms with E-state index in [9.17, 15) is 14.7 Å². The predicted molar refractivity (Wildman–Crippen MR) is 113 cm³/mol. The molecule has 2 atom stereocenters. The maximum atomic E-state index is 15.3. The average molecular weight is 417 g/mol. The summed E-state index contributed by atoms with van der Waals surface area (Å²) in [5.41, 5.74) is -0.186. The molecule has 1 aromatic carbocycles. The summed E-state index contributed by atoms with van der Waals surface area (Å²) in [7, 11) is 5.55. The molecule has 2 heterocycles. The van der Waals surface area contributed by atoms with Gasteiger partial charge in [0.2, 0.25) is 5.43 Å². The summed E-state index contributed by atoms with van der Waals surface area (Å²) in [5, 5.41) is 9.50. The first-order chi connectivity index (χ1) is 14.2. The number of ether oxygens (including phenoxy) is 1. The maximum absolute atomic E-state index is 15.3. The summed E-state index contributed by atoms with van der Waals surface area (Å²) < 4.78 is 22.8. The Bertz CT molecular complexity index is 1060. The van der Waals surface area contributed by atoms with Crippen molar-refractivity contribution in [3.63, 3.8) is 0 Å². The second-order valence-corrected chi connectivity index (χ2v) is 8.65. The molecule has 1 aliphatic carbocycles. The van der Waals surface area contributed by atoms with Crippen LogP contribution in [0.4, 0.5) is 10.1 Å². The van der Waals surface area contributed by atoms with Gasteiger partial charge in [-0.3, -0.25) is 4.79 Å². The van der Waals surface area contributed by atoms with Crippen LogP contribution in [0.5, 0.6) is 5.75 Å². The van der Waals surface area contributed by atoms with Crippen molar-refractivity contribution in [3.05, 3.63) is 33.9 Å². The van der Waals surface area contributed by atoms with E-state index in [1.54, 1.807) is 4.57 Å². The molecule has 4 rings (SSSR count). The van der Waals surface area contributed by atoms with Crippen LogP contribution in [0.3, 0.4) is 0 Å². The van der Waals surface area contributed by atoms with Crippen LogP contribution in [-0.2, 0) is 0 Å². The lowest BCUT2D eigenvalue weighted by atomic mass is 10.00. The Labute approximate surface area is 174 Å². The molecule has 7 nitrogen and oxygen atoms in total. The number of aromatic carboxylic acids is 1. The highest BCUT2D eigenvalue weighted by atomic mass is 19.1. The molecule has 0 bridgehead atoms. The maximum Gasteiger partial charge on any atom is 0.341 e. The zero-order valence-corrected chi connectivity index (χ0v) is 17.8. The number of anilines is 1. The lowest BCUT2D eigenvalue weighted by molar-refractivity contribution is 0.0695. The summed E-state index contributed by atoms with van der Waals surface area (Å²) in [6.07, 6.45) is 4.10. The molecule has 2 fully saturated rings. The molecule has 0 spiro atoms. The number of hydrogen-bond acceptors (Lipinski definition) is 5. The van der Waals surface area contributed by atoms with Crippen molar-refractivity contribution in [3.8, 4) is 5.75 Å². The van der Waals surface area contributed by atoms with Gasteiger partial charge in [-0.1, -0.05) is 0 Å². The molecule has 162 valence electrons. The molecule has 0 radical (unpaired) electrons. The van der Waals surface area contributed by atoms with Crippen molar-refractivity contribution in [1.82, 2.24) is 9.47 Å². The number of halogens is 1. The lowest BCUT2D eigenvalue weighted by Crippen LogP contribution is -2.34. The van der Waals surface area contributed by atoms with E-state index in [-0.39, 0.29) is 17.0 Å². The highest BCUT2D eigenvalue weighted by molar-refractivity contribution is 5.97. The number of aromatic nitrogens is 1. The summed E-state index contributed by atoms with van der Waals surface area (Å²) in [5.74, 6) is -1.16. The fourth-order valence-electron chi connectivity index (χ4n) is 4.53. The van der Waals surface area contributed by atoms with Crippen LogP contribution in [0.1, 0.15) is 42.6 Å². The Morgan fingerprint density at radius 2 is 2.03 bits per heavy atom. The SMILES string of the molecule is COc1c(N2CC[C@H]([C@@H](C)N(C)C)C2)c(F)cc2c(=O)c(C(=O)O)cn(C3CC3)c12. The smallest absolute Gasteiger partial charge is 0.341 e. The molecule has 8 heteroatoms. The first-order valence-corrected chi connectivity index (χ1v) is 10.3. The highest BCUT2D eigenvalue weighted by Crippen LogP contribution is 2.44. The van der Waals surface area contributed by atoms with Crippen LogP contribution in [0.25, 0.3) is 10.9 Å². The molecule has 1 saturated carbocycles. The van der Waals surface area contributed by atoms with Crippen molar-refractivity contribution < 1.29 is 19.0 Å². The monoisotopic (exact) mass is 417 g/mol. The Morgan fingerprint density at radius 1 is 1.33 bits per heavy atom. The third-order valence-electron chi connectivity index (χ3n) is 6.61. The Morgan fingerprint density at radius 3 is 2.60 bits per heavy atom. The van der Waals surface area contributed by atoms with Crippen LogP contribution in [0.2, 0.25) is 0 Å². The second kappa shape index (κ2) is 7.58. The van der Waals surface area contributed by atoms with Gasteiger partial charge < -0.3 is 24.2 Å². The molecular weight excluding hydrogens is 389 g/mol. The largest absolute Gasteiger partial charge is 0.492 e.